The summed E-state index contributed by atoms with van der Waals surface area (Å²) in [5.74, 6) is 3.88. The van der Waals surface area contributed by atoms with Crippen molar-refractivity contribution in [1.29, 1.82) is 0 Å². The third-order valence-electron chi connectivity index (χ3n) is 4.62. The minimum absolute atomic E-state index is 0.814. The Hall–Kier alpha value is -0.260. The molecular formula is C12H18. The van der Waals surface area contributed by atoms with Gasteiger partial charge in [-0.2, -0.15) is 0 Å². The van der Waals surface area contributed by atoms with E-state index >= 15 is 0 Å². The van der Waals surface area contributed by atoms with Crippen LogP contribution >= 0.6 is 0 Å². The van der Waals surface area contributed by atoms with E-state index in [4.69, 9.17) is 0 Å². The number of rotatable bonds is 1. The smallest absolute Gasteiger partial charge is 0.0140 e. The lowest BCUT2D eigenvalue weighted by atomic mass is 9.82. The van der Waals surface area contributed by atoms with Crippen molar-refractivity contribution < 1.29 is 0 Å². The van der Waals surface area contributed by atoms with Crippen molar-refractivity contribution in [2.45, 2.75) is 33.1 Å². The van der Waals surface area contributed by atoms with Gasteiger partial charge in [-0.3, -0.25) is 0 Å². The zero-order valence-electron chi connectivity index (χ0n) is 8.09. The second-order valence-electron chi connectivity index (χ2n) is 5.39. The summed E-state index contributed by atoms with van der Waals surface area (Å²) < 4.78 is 0. The van der Waals surface area contributed by atoms with Crippen molar-refractivity contribution in [3.8, 4) is 0 Å². The highest BCUT2D eigenvalue weighted by atomic mass is 14.7. The van der Waals surface area contributed by atoms with Crippen LogP contribution in [0.2, 0.25) is 0 Å². The second kappa shape index (κ2) is 1.97. The molecule has 0 nitrogen and oxygen atoms in total. The lowest BCUT2D eigenvalue weighted by Gasteiger charge is -2.23. The minimum atomic E-state index is 0.814. The van der Waals surface area contributed by atoms with Crippen LogP contribution in [-0.2, 0) is 0 Å². The van der Waals surface area contributed by atoms with E-state index in [9.17, 15) is 0 Å². The van der Waals surface area contributed by atoms with E-state index in [0.29, 0.717) is 0 Å². The van der Waals surface area contributed by atoms with Gasteiger partial charge in [0.05, 0.1) is 0 Å². The molecule has 0 N–H and O–H groups in total. The van der Waals surface area contributed by atoms with Crippen molar-refractivity contribution in [1.82, 2.24) is 0 Å². The van der Waals surface area contributed by atoms with Crippen LogP contribution < -0.4 is 0 Å². The van der Waals surface area contributed by atoms with Gasteiger partial charge in [0.2, 0.25) is 0 Å². The molecule has 1 spiro atoms. The van der Waals surface area contributed by atoms with Gasteiger partial charge in [0.1, 0.15) is 0 Å². The molecule has 0 aromatic heterocycles. The third-order valence-corrected chi connectivity index (χ3v) is 4.62. The number of allylic oxidation sites excluding steroid dienone is 2. The molecular weight excluding hydrogens is 144 g/mol. The fourth-order valence-electron chi connectivity index (χ4n) is 3.74. The van der Waals surface area contributed by atoms with Gasteiger partial charge in [-0.25, -0.2) is 0 Å². The summed E-state index contributed by atoms with van der Waals surface area (Å²) in [6.45, 7) is 4.80. The Labute approximate surface area is 75.0 Å². The van der Waals surface area contributed by atoms with Gasteiger partial charge in [0.15, 0.2) is 0 Å². The molecule has 0 radical (unpaired) electrons. The van der Waals surface area contributed by atoms with Crippen LogP contribution in [-0.4, -0.2) is 0 Å². The minimum Gasteiger partial charge on any atom is -0.0845 e. The van der Waals surface area contributed by atoms with E-state index in [1.807, 2.05) is 0 Å². The number of hydrogen-bond acceptors (Lipinski definition) is 0. The predicted molar refractivity (Wildman–Crippen MR) is 50.7 cm³/mol. The molecule has 3 atom stereocenters. The summed E-state index contributed by atoms with van der Waals surface area (Å²) in [4.78, 5) is 0. The molecule has 3 unspecified atom stereocenters. The van der Waals surface area contributed by atoms with Gasteiger partial charge in [0, 0.05) is 0 Å². The Bertz CT molecular complexity index is 232. The summed E-state index contributed by atoms with van der Waals surface area (Å²) in [6, 6.07) is 0. The average Bonchev–Trinajstić information content (AvgIpc) is 2.69. The maximum atomic E-state index is 2.53. The molecule has 2 saturated carbocycles. The molecule has 66 valence electrons. The molecule has 2 fully saturated rings. The van der Waals surface area contributed by atoms with E-state index in [1.54, 1.807) is 0 Å². The molecule has 0 saturated heterocycles. The van der Waals surface area contributed by atoms with Crippen LogP contribution in [0, 0.1) is 29.1 Å². The molecule has 0 aromatic rings. The molecule has 12 heavy (non-hydrogen) atoms. The molecule has 3 aliphatic rings. The van der Waals surface area contributed by atoms with Crippen molar-refractivity contribution in [2.24, 2.45) is 29.1 Å². The highest BCUT2D eigenvalue weighted by Gasteiger charge is 2.62. The van der Waals surface area contributed by atoms with E-state index in [-0.39, 0.29) is 0 Å². The third kappa shape index (κ3) is 0.654. The zero-order valence-corrected chi connectivity index (χ0v) is 8.09. The highest BCUT2D eigenvalue weighted by molar-refractivity contribution is 5.26. The first-order valence-corrected chi connectivity index (χ1v) is 5.42. The summed E-state index contributed by atoms with van der Waals surface area (Å²) in [7, 11) is 0. The normalized spacial score (nSPS) is 46.4. The van der Waals surface area contributed by atoms with Gasteiger partial charge in [-0.05, 0) is 48.3 Å². The monoisotopic (exact) mass is 162 g/mol. The SMILES string of the molecule is CC(C)C1CC2C=CC1C21CC1. The van der Waals surface area contributed by atoms with Gasteiger partial charge >= 0.3 is 0 Å². The Balaban J connectivity index is 1.92. The highest BCUT2D eigenvalue weighted by Crippen LogP contribution is 2.70. The largest absolute Gasteiger partial charge is 0.0845 e. The second-order valence-corrected chi connectivity index (χ2v) is 5.39. The fourth-order valence-corrected chi connectivity index (χ4v) is 3.74. The van der Waals surface area contributed by atoms with E-state index < -0.39 is 0 Å². The lowest BCUT2D eigenvalue weighted by molar-refractivity contribution is 0.295. The topological polar surface area (TPSA) is 0 Å². The Kier molecular flexibility index (Phi) is 1.18. The molecule has 3 rings (SSSR count). The first-order valence-electron chi connectivity index (χ1n) is 5.42. The quantitative estimate of drug-likeness (QED) is 0.519. The van der Waals surface area contributed by atoms with E-state index in [2.05, 4.69) is 26.0 Å². The van der Waals surface area contributed by atoms with Gasteiger partial charge < -0.3 is 0 Å². The molecule has 0 amide bonds. The summed E-state index contributed by atoms with van der Waals surface area (Å²) in [6.07, 6.45) is 9.60. The Morgan fingerprint density at radius 3 is 2.42 bits per heavy atom. The van der Waals surface area contributed by atoms with Crippen molar-refractivity contribution in [2.75, 3.05) is 0 Å². The average molecular weight is 162 g/mol. The van der Waals surface area contributed by atoms with E-state index in [0.717, 1.165) is 29.1 Å². The van der Waals surface area contributed by atoms with Gasteiger partial charge in [-0.1, -0.05) is 26.0 Å². The standard InChI is InChI=1S/C12H18/c1-8(2)10-7-9-3-4-11(10)12(9)5-6-12/h3-4,8-11H,5-7H2,1-2H3. The van der Waals surface area contributed by atoms with Crippen LogP contribution in [0.1, 0.15) is 33.1 Å². The summed E-state index contributed by atoms with van der Waals surface area (Å²) in [5, 5.41) is 0. The van der Waals surface area contributed by atoms with E-state index in [1.165, 1.54) is 19.3 Å². The maximum absolute atomic E-state index is 2.53. The Morgan fingerprint density at radius 1 is 1.25 bits per heavy atom. The summed E-state index contributed by atoms with van der Waals surface area (Å²) in [5.41, 5.74) is 0.814. The van der Waals surface area contributed by atoms with Crippen LogP contribution in [0.5, 0.6) is 0 Å². The van der Waals surface area contributed by atoms with Gasteiger partial charge in [-0.15, -0.1) is 0 Å². The molecule has 3 aliphatic carbocycles. The molecule has 2 bridgehead atoms. The first-order chi connectivity index (χ1) is 5.74. The van der Waals surface area contributed by atoms with Gasteiger partial charge in [0.25, 0.3) is 0 Å². The zero-order chi connectivity index (χ0) is 8.34. The molecule has 0 aromatic carbocycles. The van der Waals surface area contributed by atoms with Crippen LogP contribution in [0.15, 0.2) is 12.2 Å². The predicted octanol–water partition coefficient (Wildman–Crippen LogP) is 3.24. The van der Waals surface area contributed by atoms with Crippen molar-refractivity contribution >= 4 is 0 Å². The lowest BCUT2D eigenvalue weighted by Crippen LogP contribution is -2.16. The van der Waals surface area contributed by atoms with Crippen LogP contribution in [0.3, 0.4) is 0 Å². The van der Waals surface area contributed by atoms with Crippen molar-refractivity contribution in [3.05, 3.63) is 12.2 Å². The molecule has 0 heteroatoms. The molecule has 0 heterocycles. The van der Waals surface area contributed by atoms with Crippen LogP contribution in [0.25, 0.3) is 0 Å². The molecule has 0 aliphatic heterocycles. The first kappa shape index (κ1) is 7.17. The summed E-state index contributed by atoms with van der Waals surface area (Å²) >= 11 is 0. The van der Waals surface area contributed by atoms with Crippen LogP contribution in [0.4, 0.5) is 0 Å². The fraction of sp³-hybridized carbons (Fsp3) is 0.833. The number of hydrogen-bond donors (Lipinski definition) is 0. The Morgan fingerprint density at radius 2 is 2.00 bits per heavy atom. The maximum Gasteiger partial charge on any atom is -0.0140 e. The van der Waals surface area contributed by atoms with Crippen molar-refractivity contribution in [3.63, 3.8) is 0 Å².